The number of halogens is 1. The van der Waals surface area contributed by atoms with Crippen LogP contribution in [0.15, 0.2) is 0 Å². The van der Waals surface area contributed by atoms with Crippen LogP contribution in [0.25, 0.3) is 0 Å². The number of carboxylic acids is 1. The Labute approximate surface area is 103 Å². The molecule has 3 saturated carbocycles. The second-order valence-electron chi connectivity index (χ2n) is 5.72. The van der Waals surface area contributed by atoms with E-state index in [9.17, 15) is 4.79 Å². The van der Waals surface area contributed by atoms with Crippen LogP contribution in [-0.2, 0) is 4.79 Å². The Morgan fingerprint density at radius 3 is 2.06 bits per heavy atom. The predicted molar refractivity (Wildman–Crippen MR) is 65.7 cm³/mol. The van der Waals surface area contributed by atoms with E-state index in [0.29, 0.717) is 17.8 Å². The average Bonchev–Trinajstić information content (AvgIpc) is 2.18. The lowest BCUT2D eigenvalue weighted by molar-refractivity contribution is -0.140. The summed E-state index contributed by atoms with van der Waals surface area (Å²) in [4.78, 5) is 10.8. The third kappa shape index (κ3) is 2.35. The molecule has 0 saturated heterocycles. The van der Waals surface area contributed by atoms with Gasteiger partial charge in [-0.2, -0.15) is 0 Å². The summed E-state index contributed by atoms with van der Waals surface area (Å²) < 4.78 is 0. The fourth-order valence-electron chi connectivity index (χ4n) is 3.46. The smallest absolute Gasteiger partial charge is 0.303 e. The average molecular weight is 248 g/mol. The van der Waals surface area contributed by atoms with Gasteiger partial charge in [0.25, 0.3) is 0 Å². The van der Waals surface area contributed by atoms with E-state index in [1.165, 1.54) is 0 Å². The molecular formula is C12H22ClNO2. The third-order valence-electron chi connectivity index (χ3n) is 4.89. The lowest BCUT2D eigenvalue weighted by Gasteiger charge is -2.54. The van der Waals surface area contributed by atoms with Crippen LogP contribution in [0.1, 0.15) is 51.9 Å². The normalized spacial score (nSPS) is 38.9. The summed E-state index contributed by atoms with van der Waals surface area (Å²) in [6.45, 7) is 2.10. The molecule has 3 rings (SSSR count). The molecule has 16 heavy (non-hydrogen) atoms. The summed E-state index contributed by atoms with van der Waals surface area (Å²) in [6, 6.07) is 0. The van der Waals surface area contributed by atoms with E-state index in [4.69, 9.17) is 10.8 Å². The molecule has 1 unspecified atom stereocenters. The molecule has 1 atom stereocenters. The molecule has 2 bridgehead atoms. The molecule has 0 aromatic rings. The van der Waals surface area contributed by atoms with Crippen LogP contribution in [-0.4, -0.2) is 16.6 Å². The number of aliphatic carboxylic acids is 1. The van der Waals surface area contributed by atoms with Gasteiger partial charge in [0, 0.05) is 12.0 Å². The van der Waals surface area contributed by atoms with Crippen LogP contribution in [0, 0.1) is 11.3 Å². The number of hydrogen-bond donors (Lipinski definition) is 2. The SMILES string of the molecule is CC(CC(=O)O)C12CCC(N)(CC1)CC2.Cl. The number of carbonyl (C=O) groups is 1. The van der Waals surface area contributed by atoms with Crippen LogP contribution in [0.2, 0.25) is 0 Å². The first kappa shape index (κ1) is 13.8. The number of hydrogen-bond acceptors (Lipinski definition) is 2. The summed E-state index contributed by atoms with van der Waals surface area (Å²) in [5.74, 6) is -0.355. The summed E-state index contributed by atoms with van der Waals surface area (Å²) >= 11 is 0. The molecule has 4 heteroatoms. The predicted octanol–water partition coefficient (Wildman–Crippen LogP) is 2.57. The molecule has 3 aliphatic rings. The van der Waals surface area contributed by atoms with Gasteiger partial charge in [-0.25, -0.2) is 0 Å². The number of rotatable bonds is 3. The van der Waals surface area contributed by atoms with Crippen molar-refractivity contribution < 1.29 is 9.90 Å². The third-order valence-corrected chi connectivity index (χ3v) is 4.89. The molecule has 0 radical (unpaired) electrons. The van der Waals surface area contributed by atoms with Crippen molar-refractivity contribution in [2.24, 2.45) is 17.1 Å². The van der Waals surface area contributed by atoms with Crippen molar-refractivity contribution in [1.82, 2.24) is 0 Å². The van der Waals surface area contributed by atoms with Gasteiger partial charge in [0.1, 0.15) is 0 Å². The van der Waals surface area contributed by atoms with Crippen molar-refractivity contribution in [2.75, 3.05) is 0 Å². The lowest BCUT2D eigenvalue weighted by atomic mass is 9.53. The number of nitrogens with two attached hydrogens (primary N) is 1. The standard InChI is InChI=1S/C12H21NO2.ClH/c1-9(8-10(14)15)11-2-5-12(13,6-3-11)7-4-11;/h9H,2-8,13H2,1H3,(H,14,15);1H. The molecule has 0 amide bonds. The lowest BCUT2D eigenvalue weighted by Crippen LogP contribution is -2.53. The van der Waals surface area contributed by atoms with Gasteiger partial charge in [0.05, 0.1) is 0 Å². The molecule has 0 aromatic carbocycles. The zero-order valence-corrected chi connectivity index (χ0v) is 10.7. The van der Waals surface area contributed by atoms with Crippen molar-refractivity contribution in [3.8, 4) is 0 Å². The van der Waals surface area contributed by atoms with Gasteiger partial charge < -0.3 is 10.8 Å². The Hall–Kier alpha value is -0.280. The van der Waals surface area contributed by atoms with Crippen LogP contribution >= 0.6 is 12.4 Å². The van der Waals surface area contributed by atoms with Crippen LogP contribution < -0.4 is 5.73 Å². The Kier molecular flexibility index (Phi) is 3.91. The minimum Gasteiger partial charge on any atom is -0.481 e. The van der Waals surface area contributed by atoms with Gasteiger partial charge >= 0.3 is 5.97 Å². The Morgan fingerprint density at radius 1 is 1.25 bits per heavy atom. The zero-order chi connectivity index (χ0) is 11.1. The van der Waals surface area contributed by atoms with Gasteiger partial charge in [-0.15, -0.1) is 12.4 Å². The molecule has 3 N–H and O–H groups in total. The molecule has 0 heterocycles. The van der Waals surface area contributed by atoms with Crippen molar-refractivity contribution >= 4 is 18.4 Å². The summed E-state index contributed by atoms with van der Waals surface area (Å²) in [6.07, 6.45) is 7.01. The first-order valence-electron chi connectivity index (χ1n) is 5.97. The van der Waals surface area contributed by atoms with E-state index in [-0.39, 0.29) is 17.9 Å². The van der Waals surface area contributed by atoms with Crippen LogP contribution in [0.5, 0.6) is 0 Å². The van der Waals surface area contributed by atoms with Crippen LogP contribution in [0.4, 0.5) is 0 Å². The van der Waals surface area contributed by atoms with E-state index in [0.717, 1.165) is 38.5 Å². The Bertz CT molecular complexity index is 256. The minimum atomic E-state index is -0.660. The van der Waals surface area contributed by atoms with Gasteiger partial charge in [-0.05, 0) is 49.9 Å². The van der Waals surface area contributed by atoms with Gasteiger partial charge in [0.2, 0.25) is 0 Å². The zero-order valence-electron chi connectivity index (χ0n) is 9.87. The first-order chi connectivity index (χ1) is 6.96. The highest BCUT2D eigenvalue weighted by Crippen LogP contribution is 2.55. The van der Waals surface area contributed by atoms with E-state index in [2.05, 4.69) is 6.92 Å². The van der Waals surface area contributed by atoms with E-state index in [1.807, 2.05) is 0 Å². The summed E-state index contributed by atoms with van der Waals surface area (Å²) in [7, 11) is 0. The topological polar surface area (TPSA) is 63.3 Å². The number of fused-ring (bicyclic) bond motifs is 3. The monoisotopic (exact) mass is 247 g/mol. The molecule has 0 aliphatic heterocycles. The molecular weight excluding hydrogens is 226 g/mol. The molecule has 3 aliphatic carbocycles. The number of carboxylic acid groups (broad SMARTS) is 1. The fourth-order valence-corrected chi connectivity index (χ4v) is 3.46. The maximum atomic E-state index is 10.8. The van der Waals surface area contributed by atoms with Gasteiger partial charge in [-0.1, -0.05) is 6.92 Å². The largest absolute Gasteiger partial charge is 0.481 e. The molecule has 0 aromatic heterocycles. The molecule has 0 spiro atoms. The van der Waals surface area contributed by atoms with E-state index >= 15 is 0 Å². The quantitative estimate of drug-likeness (QED) is 0.806. The minimum absolute atomic E-state index is 0. The Balaban J connectivity index is 0.00000128. The van der Waals surface area contributed by atoms with E-state index < -0.39 is 5.97 Å². The van der Waals surface area contributed by atoms with Crippen molar-refractivity contribution in [2.45, 2.75) is 57.4 Å². The highest BCUT2D eigenvalue weighted by molar-refractivity contribution is 5.85. The second-order valence-corrected chi connectivity index (χ2v) is 5.72. The van der Waals surface area contributed by atoms with Crippen molar-refractivity contribution in [3.63, 3.8) is 0 Å². The van der Waals surface area contributed by atoms with Gasteiger partial charge in [-0.3, -0.25) is 4.79 Å². The first-order valence-corrected chi connectivity index (χ1v) is 5.97. The van der Waals surface area contributed by atoms with Crippen molar-refractivity contribution in [3.05, 3.63) is 0 Å². The fraction of sp³-hybridized carbons (Fsp3) is 0.917. The maximum Gasteiger partial charge on any atom is 0.303 e. The summed E-state index contributed by atoms with van der Waals surface area (Å²) in [5.41, 5.74) is 6.62. The molecule has 94 valence electrons. The highest BCUT2D eigenvalue weighted by atomic mass is 35.5. The molecule has 3 fully saturated rings. The summed E-state index contributed by atoms with van der Waals surface area (Å²) in [5, 5.41) is 8.86. The Morgan fingerprint density at radius 2 is 1.69 bits per heavy atom. The van der Waals surface area contributed by atoms with Crippen molar-refractivity contribution in [1.29, 1.82) is 0 Å². The highest BCUT2D eigenvalue weighted by Gasteiger charge is 2.49. The van der Waals surface area contributed by atoms with E-state index in [1.54, 1.807) is 0 Å². The second kappa shape index (κ2) is 4.53. The van der Waals surface area contributed by atoms with Gasteiger partial charge in [0.15, 0.2) is 0 Å². The van der Waals surface area contributed by atoms with Crippen LogP contribution in [0.3, 0.4) is 0 Å². The molecule has 3 nitrogen and oxygen atoms in total. The maximum absolute atomic E-state index is 10.8.